The lowest BCUT2D eigenvalue weighted by atomic mass is 9.97. The number of carbonyl (C=O) groups excluding carboxylic acids is 2. The zero-order valence-electron chi connectivity index (χ0n) is 15.3. The number of carbonyl (C=O) groups is 2. The Morgan fingerprint density at radius 3 is 2.71 bits per heavy atom. The van der Waals surface area contributed by atoms with Crippen molar-refractivity contribution in [3.8, 4) is 11.1 Å². The van der Waals surface area contributed by atoms with Crippen molar-refractivity contribution in [3.05, 3.63) is 77.5 Å². The van der Waals surface area contributed by atoms with Crippen molar-refractivity contribution in [1.82, 2.24) is 5.32 Å². The normalized spacial score (nSPS) is 14.1. The molecule has 2 amide bonds. The molecule has 0 unspecified atom stereocenters. The fourth-order valence-corrected chi connectivity index (χ4v) is 3.36. The number of nitrogens with one attached hydrogen (secondary N) is 2. The van der Waals surface area contributed by atoms with E-state index in [0.29, 0.717) is 24.0 Å². The van der Waals surface area contributed by atoms with Gasteiger partial charge >= 0.3 is 0 Å². The summed E-state index contributed by atoms with van der Waals surface area (Å²) in [5.74, 6) is -0.477. The van der Waals surface area contributed by atoms with Gasteiger partial charge in [-0.3, -0.25) is 9.59 Å². The Kier molecular flexibility index (Phi) is 4.69. The summed E-state index contributed by atoms with van der Waals surface area (Å²) in [7, 11) is 0. The molecule has 5 nitrogen and oxygen atoms in total. The van der Waals surface area contributed by atoms with Gasteiger partial charge in [0.1, 0.15) is 5.82 Å². The zero-order chi connectivity index (χ0) is 19.7. The Morgan fingerprint density at radius 1 is 1.14 bits per heavy atom. The number of anilines is 1. The molecule has 6 heteroatoms. The van der Waals surface area contributed by atoms with Gasteiger partial charge in [-0.05, 0) is 54.3 Å². The van der Waals surface area contributed by atoms with Gasteiger partial charge in [0.15, 0.2) is 5.76 Å². The van der Waals surface area contributed by atoms with Crippen molar-refractivity contribution in [3.63, 3.8) is 0 Å². The molecule has 0 bridgehead atoms. The van der Waals surface area contributed by atoms with Crippen LogP contribution in [0.2, 0.25) is 0 Å². The standard InChI is InChI=1S/C22H19FN2O3/c1-13(15-4-8-19-16(12-15)5-9-20(26)25-19)24-22(27)21-18(10-11-28-21)14-2-6-17(23)7-3-14/h2-4,6-8,10-13H,5,9H2,1H3,(H,24,27)(H,25,26)/t13-/m0/s1. The Hall–Kier alpha value is -3.41. The summed E-state index contributed by atoms with van der Waals surface area (Å²) in [6.45, 7) is 1.89. The first kappa shape index (κ1) is 18.0. The minimum atomic E-state index is -0.345. The van der Waals surface area contributed by atoms with E-state index in [4.69, 9.17) is 4.42 Å². The van der Waals surface area contributed by atoms with Crippen LogP contribution < -0.4 is 10.6 Å². The Labute approximate surface area is 161 Å². The lowest BCUT2D eigenvalue weighted by molar-refractivity contribution is -0.116. The molecule has 1 aliphatic rings. The average molecular weight is 378 g/mol. The first-order valence-electron chi connectivity index (χ1n) is 9.08. The predicted molar refractivity (Wildman–Crippen MR) is 103 cm³/mol. The largest absolute Gasteiger partial charge is 0.459 e. The first-order chi connectivity index (χ1) is 13.5. The number of rotatable bonds is 4. The summed E-state index contributed by atoms with van der Waals surface area (Å²) < 4.78 is 18.6. The minimum Gasteiger partial charge on any atom is -0.459 e. The first-order valence-corrected chi connectivity index (χ1v) is 9.08. The van der Waals surface area contributed by atoms with E-state index < -0.39 is 0 Å². The molecular weight excluding hydrogens is 359 g/mol. The van der Waals surface area contributed by atoms with Crippen molar-refractivity contribution >= 4 is 17.5 Å². The van der Waals surface area contributed by atoms with E-state index in [0.717, 1.165) is 16.8 Å². The highest BCUT2D eigenvalue weighted by Gasteiger charge is 2.21. The van der Waals surface area contributed by atoms with Crippen LogP contribution in [-0.2, 0) is 11.2 Å². The molecule has 2 aromatic carbocycles. The van der Waals surface area contributed by atoms with E-state index in [1.54, 1.807) is 18.2 Å². The van der Waals surface area contributed by atoms with E-state index in [2.05, 4.69) is 10.6 Å². The second kappa shape index (κ2) is 7.31. The zero-order valence-corrected chi connectivity index (χ0v) is 15.3. The van der Waals surface area contributed by atoms with Gasteiger partial charge < -0.3 is 15.1 Å². The van der Waals surface area contributed by atoms with Crippen molar-refractivity contribution in [2.45, 2.75) is 25.8 Å². The van der Waals surface area contributed by atoms with Crippen LogP contribution in [-0.4, -0.2) is 11.8 Å². The van der Waals surface area contributed by atoms with E-state index in [1.165, 1.54) is 18.4 Å². The number of halogens is 1. The molecule has 0 saturated heterocycles. The molecule has 2 heterocycles. The van der Waals surface area contributed by atoms with E-state index in [1.807, 2.05) is 25.1 Å². The lowest BCUT2D eigenvalue weighted by Gasteiger charge is -2.20. The molecule has 0 radical (unpaired) electrons. The molecule has 2 N–H and O–H groups in total. The van der Waals surface area contributed by atoms with Crippen LogP contribution in [0.4, 0.5) is 10.1 Å². The molecule has 0 fully saturated rings. The number of aryl methyl sites for hydroxylation is 1. The summed E-state index contributed by atoms with van der Waals surface area (Å²) >= 11 is 0. The molecule has 0 saturated carbocycles. The molecular formula is C22H19FN2O3. The molecule has 1 aromatic heterocycles. The number of fused-ring (bicyclic) bond motifs is 1. The van der Waals surface area contributed by atoms with Gasteiger partial charge in [0.2, 0.25) is 5.91 Å². The summed E-state index contributed by atoms with van der Waals surface area (Å²) in [6.07, 6.45) is 2.59. The van der Waals surface area contributed by atoms with Crippen LogP contribution in [0.25, 0.3) is 11.1 Å². The number of amides is 2. The second-order valence-electron chi connectivity index (χ2n) is 6.83. The van der Waals surface area contributed by atoms with E-state index in [9.17, 15) is 14.0 Å². The van der Waals surface area contributed by atoms with E-state index >= 15 is 0 Å². The van der Waals surface area contributed by atoms with Gasteiger partial charge in [0.05, 0.1) is 12.3 Å². The highest BCUT2D eigenvalue weighted by Crippen LogP contribution is 2.28. The molecule has 4 rings (SSSR count). The van der Waals surface area contributed by atoms with Crippen LogP contribution in [0.15, 0.2) is 59.2 Å². The van der Waals surface area contributed by atoms with Gasteiger partial charge in [-0.15, -0.1) is 0 Å². The summed E-state index contributed by atoms with van der Waals surface area (Å²) in [5.41, 5.74) is 4.14. The SMILES string of the molecule is C[C@H](NC(=O)c1occc1-c1ccc(F)cc1)c1ccc2c(c1)CCC(=O)N2. The van der Waals surface area contributed by atoms with Crippen molar-refractivity contribution < 1.29 is 18.4 Å². The predicted octanol–water partition coefficient (Wildman–Crippen LogP) is 4.46. The molecule has 0 spiro atoms. The fourth-order valence-electron chi connectivity index (χ4n) is 3.36. The smallest absolute Gasteiger partial charge is 0.288 e. The van der Waals surface area contributed by atoms with Gasteiger partial charge in [0, 0.05) is 17.7 Å². The van der Waals surface area contributed by atoms with Crippen LogP contribution in [0.3, 0.4) is 0 Å². The number of hydrogen-bond donors (Lipinski definition) is 2. The van der Waals surface area contributed by atoms with Crippen LogP contribution in [0.1, 0.15) is 41.1 Å². The second-order valence-corrected chi connectivity index (χ2v) is 6.83. The Bertz CT molecular complexity index is 1040. The van der Waals surface area contributed by atoms with Crippen molar-refractivity contribution in [2.75, 3.05) is 5.32 Å². The fraction of sp³-hybridized carbons (Fsp3) is 0.182. The van der Waals surface area contributed by atoms with Crippen LogP contribution in [0.5, 0.6) is 0 Å². The third-order valence-corrected chi connectivity index (χ3v) is 4.90. The van der Waals surface area contributed by atoms with Crippen molar-refractivity contribution in [2.24, 2.45) is 0 Å². The van der Waals surface area contributed by atoms with Crippen molar-refractivity contribution in [1.29, 1.82) is 0 Å². The number of hydrogen-bond acceptors (Lipinski definition) is 3. The quantitative estimate of drug-likeness (QED) is 0.704. The maximum atomic E-state index is 13.2. The summed E-state index contributed by atoms with van der Waals surface area (Å²) in [6, 6.07) is 13.1. The third-order valence-electron chi connectivity index (χ3n) is 4.90. The van der Waals surface area contributed by atoms with Gasteiger partial charge in [-0.1, -0.05) is 24.3 Å². The van der Waals surface area contributed by atoms with Gasteiger partial charge in [-0.2, -0.15) is 0 Å². The Morgan fingerprint density at radius 2 is 1.93 bits per heavy atom. The van der Waals surface area contributed by atoms with Crippen LogP contribution in [0, 0.1) is 5.82 Å². The molecule has 1 atom stereocenters. The van der Waals surface area contributed by atoms with Gasteiger partial charge in [-0.25, -0.2) is 4.39 Å². The minimum absolute atomic E-state index is 0.0211. The van der Waals surface area contributed by atoms with Crippen LogP contribution >= 0.6 is 0 Å². The third kappa shape index (κ3) is 3.53. The number of furan rings is 1. The highest BCUT2D eigenvalue weighted by atomic mass is 19.1. The maximum absolute atomic E-state index is 13.2. The Balaban J connectivity index is 1.52. The molecule has 3 aromatic rings. The molecule has 28 heavy (non-hydrogen) atoms. The topological polar surface area (TPSA) is 71.3 Å². The number of benzene rings is 2. The average Bonchev–Trinajstić information content (AvgIpc) is 3.18. The monoisotopic (exact) mass is 378 g/mol. The highest BCUT2D eigenvalue weighted by molar-refractivity contribution is 5.98. The summed E-state index contributed by atoms with van der Waals surface area (Å²) in [5, 5.41) is 5.79. The molecule has 142 valence electrons. The summed E-state index contributed by atoms with van der Waals surface area (Å²) in [4.78, 5) is 24.2. The maximum Gasteiger partial charge on any atom is 0.288 e. The molecule has 1 aliphatic heterocycles. The lowest BCUT2D eigenvalue weighted by Crippen LogP contribution is -2.27. The van der Waals surface area contributed by atoms with Gasteiger partial charge in [0.25, 0.3) is 5.91 Å². The molecule has 0 aliphatic carbocycles. The van der Waals surface area contributed by atoms with E-state index in [-0.39, 0.29) is 29.4 Å².